The van der Waals surface area contributed by atoms with Crippen LogP contribution in [0.4, 0.5) is 0 Å². The van der Waals surface area contributed by atoms with Crippen LogP contribution in [0, 0.1) is 5.92 Å². The number of hydrogen-bond acceptors (Lipinski definition) is 6. The summed E-state index contributed by atoms with van der Waals surface area (Å²) in [6.07, 6.45) is 3.20. The molecule has 0 rings (SSSR count). The fourth-order valence-electron chi connectivity index (χ4n) is 1.46. The first kappa shape index (κ1) is 18.4. The van der Waals surface area contributed by atoms with Gasteiger partial charge in [0.05, 0.1) is 0 Å². The number of ether oxygens (including phenoxy) is 1. The molecule has 0 aromatic heterocycles. The Morgan fingerprint density at radius 2 is 1.95 bits per heavy atom. The monoisotopic (exact) mass is 294 g/mol. The molecule has 2 unspecified atom stereocenters. The molecule has 0 saturated heterocycles. The van der Waals surface area contributed by atoms with Gasteiger partial charge in [0.15, 0.2) is 0 Å². The molecule has 6 nitrogen and oxygen atoms in total. The highest BCUT2D eigenvalue weighted by molar-refractivity contribution is 7.30. The number of unbranched alkanes of at least 4 members (excludes halogenated alkanes) is 2. The Kier molecular flexibility index (Phi) is 11.0. The summed E-state index contributed by atoms with van der Waals surface area (Å²) in [6, 6.07) is 0. The molecule has 0 bridgehead atoms. The van der Waals surface area contributed by atoms with Gasteiger partial charge in [-0.3, -0.25) is 4.79 Å². The maximum atomic E-state index is 11.3. The van der Waals surface area contributed by atoms with Crippen molar-refractivity contribution in [1.82, 2.24) is 0 Å². The summed E-state index contributed by atoms with van der Waals surface area (Å²) in [5.74, 6) is 0.296. The van der Waals surface area contributed by atoms with E-state index in [9.17, 15) is 19.4 Å². The molecule has 0 aromatic rings. The third kappa shape index (κ3) is 13.7. The largest absolute Gasteiger partial charge is 0.566 e. The Bertz CT molecular complexity index is 269. The molecule has 0 heterocycles. The van der Waals surface area contributed by atoms with Crippen molar-refractivity contribution in [2.45, 2.75) is 52.1 Å². The minimum Gasteiger partial charge on any atom is -0.566 e. The number of hydrogen-bond donors (Lipinski definition) is 1. The summed E-state index contributed by atoms with van der Waals surface area (Å²) in [6.45, 7) is 3.69. The predicted octanol–water partition coefficient (Wildman–Crippen LogP) is 1.53. The first-order valence-electron chi connectivity index (χ1n) is 6.52. The molecular formula is C12H23O6P. The van der Waals surface area contributed by atoms with Crippen LogP contribution >= 0.6 is 8.25 Å². The van der Waals surface area contributed by atoms with E-state index < -0.39 is 14.4 Å². The zero-order valence-corrected chi connectivity index (χ0v) is 12.4. The van der Waals surface area contributed by atoms with Gasteiger partial charge < -0.3 is 14.7 Å². The van der Waals surface area contributed by atoms with Gasteiger partial charge in [-0.2, -0.15) is 0 Å². The lowest BCUT2D eigenvalue weighted by Gasteiger charge is -2.09. The third-order valence-electron chi connectivity index (χ3n) is 2.47. The quantitative estimate of drug-likeness (QED) is 0.353. The Hall–Kier alpha value is -0.550. The SMILES string of the molecule is CC(C)CCCCCC(=O)OCC(O)CO[P+](=O)[O-]. The molecule has 0 aromatic carbocycles. The molecule has 0 spiro atoms. The number of aliphatic hydroxyl groups is 1. The molecule has 0 saturated carbocycles. The summed E-state index contributed by atoms with van der Waals surface area (Å²) >= 11 is 0. The van der Waals surface area contributed by atoms with Gasteiger partial charge in [-0.25, -0.2) is 0 Å². The van der Waals surface area contributed by atoms with Gasteiger partial charge in [-0.1, -0.05) is 33.1 Å². The van der Waals surface area contributed by atoms with Crippen molar-refractivity contribution in [2.75, 3.05) is 13.2 Å². The average Bonchev–Trinajstić information content (AvgIpc) is 2.33. The normalized spacial score (nSPS) is 13.4. The van der Waals surface area contributed by atoms with Crippen molar-refractivity contribution in [3.8, 4) is 0 Å². The van der Waals surface area contributed by atoms with Crippen LogP contribution in [0.15, 0.2) is 0 Å². The first-order chi connectivity index (χ1) is 8.91. The molecular weight excluding hydrogens is 271 g/mol. The van der Waals surface area contributed by atoms with E-state index in [-0.39, 0.29) is 19.2 Å². The molecule has 0 fully saturated rings. The summed E-state index contributed by atoms with van der Waals surface area (Å²) in [5, 5.41) is 9.25. The summed E-state index contributed by atoms with van der Waals surface area (Å²) in [4.78, 5) is 21.4. The van der Waals surface area contributed by atoms with E-state index in [4.69, 9.17) is 4.74 Å². The van der Waals surface area contributed by atoms with Crippen LogP contribution in [0.5, 0.6) is 0 Å². The highest BCUT2D eigenvalue weighted by Gasteiger charge is 2.12. The predicted molar refractivity (Wildman–Crippen MR) is 68.4 cm³/mol. The molecule has 19 heavy (non-hydrogen) atoms. The Morgan fingerprint density at radius 3 is 2.53 bits per heavy atom. The first-order valence-corrected chi connectivity index (χ1v) is 7.62. The van der Waals surface area contributed by atoms with Crippen molar-refractivity contribution in [1.29, 1.82) is 0 Å². The molecule has 0 aliphatic heterocycles. The van der Waals surface area contributed by atoms with E-state index in [0.717, 1.165) is 25.7 Å². The second-order valence-corrected chi connectivity index (χ2v) is 5.55. The second kappa shape index (κ2) is 11.3. The van der Waals surface area contributed by atoms with E-state index in [2.05, 4.69) is 18.4 Å². The average molecular weight is 294 g/mol. The Balaban J connectivity index is 3.45. The van der Waals surface area contributed by atoms with E-state index in [0.29, 0.717) is 12.3 Å². The van der Waals surface area contributed by atoms with Gasteiger partial charge in [-0.05, 0) is 16.9 Å². The van der Waals surface area contributed by atoms with Gasteiger partial charge in [0.1, 0.15) is 19.3 Å². The fraction of sp³-hybridized carbons (Fsp3) is 0.917. The van der Waals surface area contributed by atoms with Crippen LogP contribution < -0.4 is 4.89 Å². The van der Waals surface area contributed by atoms with Crippen LogP contribution in [-0.4, -0.2) is 30.4 Å². The third-order valence-corrected chi connectivity index (χ3v) is 2.83. The highest BCUT2D eigenvalue weighted by atomic mass is 31.1. The summed E-state index contributed by atoms with van der Waals surface area (Å²) in [7, 11) is -2.98. The van der Waals surface area contributed by atoms with E-state index >= 15 is 0 Å². The molecule has 0 aliphatic carbocycles. The van der Waals surface area contributed by atoms with E-state index in [1.54, 1.807) is 0 Å². The number of esters is 1. The van der Waals surface area contributed by atoms with E-state index in [1.165, 1.54) is 0 Å². The van der Waals surface area contributed by atoms with Gasteiger partial charge in [0.2, 0.25) is 0 Å². The van der Waals surface area contributed by atoms with Crippen LogP contribution in [0.25, 0.3) is 0 Å². The van der Waals surface area contributed by atoms with Gasteiger partial charge in [0, 0.05) is 6.42 Å². The topological polar surface area (TPSA) is 95.9 Å². The molecule has 112 valence electrons. The molecule has 2 atom stereocenters. The molecule has 7 heteroatoms. The van der Waals surface area contributed by atoms with Crippen molar-refractivity contribution in [3.05, 3.63) is 0 Å². The zero-order chi connectivity index (χ0) is 14.7. The lowest BCUT2D eigenvalue weighted by molar-refractivity contribution is -0.187. The standard InChI is InChI=1S/C12H23O6P/c1-10(2)6-4-3-5-7-12(14)17-8-11(13)9-18-19(15)16/h10-11,13H,3-9H2,1-2H3. The number of carbonyl (C=O) groups excluding carboxylic acids is 1. The number of carbonyl (C=O) groups is 1. The minimum atomic E-state index is -2.98. The molecule has 0 aliphatic rings. The minimum absolute atomic E-state index is 0.242. The lowest BCUT2D eigenvalue weighted by Crippen LogP contribution is -2.23. The van der Waals surface area contributed by atoms with E-state index in [1.807, 2.05) is 0 Å². The molecule has 1 N–H and O–H groups in total. The van der Waals surface area contributed by atoms with Crippen molar-refractivity contribution >= 4 is 14.2 Å². The molecule has 0 radical (unpaired) electrons. The lowest BCUT2D eigenvalue weighted by atomic mass is 10.0. The van der Waals surface area contributed by atoms with Crippen molar-refractivity contribution < 1.29 is 28.6 Å². The fourth-order valence-corrected chi connectivity index (χ4v) is 1.75. The second-order valence-electron chi connectivity index (χ2n) is 4.85. The maximum absolute atomic E-state index is 11.3. The number of rotatable bonds is 11. The van der Waals surface area contributed by atoms with Crippen LogP contribution in [0.1, 0.15) is 46.0 Å². The maximum Gasteiger partial charge on any atom is 0.488 e. The Labute approximate surface area is 115 Å². The highest BCUT2D eigenvalue weighted by Crippen LogP contribution is 2.11. The van der Waals surface area contributed by atoms with Crippen LogP contribution in [0.2, 0.25) is 0 Å². The van der Waals surface area contributed by atoms with Gasteiger partial charge in [0.25, 0.3) is 0 Å². The van der Waals surface area contributed by atoms with Crippen molar-refractivity contribution in [2.24, 2.45) is 5.92 Å². The number of aliphatic hydroxyl groups excluding tert-OH is 1. The zero-order valence-electron chi connectivity index (χ0n) is 11.5. The smallest absolute Gasteiger partial charge is 0.488 e. The Morgan fingerprint density at radius 1 is 1.26 bits per heavy atom. The van der Waals surface area contributed by atoms with Gasteiger partial charge >= 0.3 is 14.2 Å². The van der Waals surface area contributed by atoms with Crippen molar-refractivity contribution in [3.63, 3.8) is 0 Å². The summed E-state index contributed by atoms with van der Waals surface area (Å²) in [5.41, 5.74) is 0. The van der Waals surface area contributed by atoms with Crippen LogP contribution in [0.3, 0.4) is 0 Å². The summed E-state index contributed by atoms with van der Waals surface area (Å²) < 4.78 is 19.1. The van der Waals surface area contributed by atoms with Crippen LogP contribution in [-0.2, 0) is 18.6 Å². The van der Waals surface area contributed by atoms with Gasteiger partial charge in [-0.15, -0.1) is 4.52 Å². The molecule has 0 amide bonds.